The van der Waals surface area contributed by atoms with Crippen LogP contribution in [0.3, 0.4) is 0 Å². The average molecular weight is 414 g/mol. The maximum atomic E-state index is 12.3. The molecule has 154 valence electrons. The Labute approximate surface area is 177 Å². The molecule has 0 unspecified atom stereocenters. The molecule has 0 spiro atoms. The molecule has 0 bridgehead atoms. The number of para-hydroxylation sites is 2. The molecule has 4 aromatic rings. The lowest BCUT2D eigenvalue weighted by atomic mass is 10.2. The molecule has 1 N–H and O–H groups in total. The fourth-order valence-corrected chi connectivity index (χ4v) is 3.16. The van der Waals surface area contributed by atoms with Crippen molar-refractivity contribution >= 4 is 28.8 Å². The maximum Gasteiger partial charge on any atom is 0.248 e. The van der Waals surface area contributed by atoms with Gasteiger partial charge in [0.15, 0.2) is 17.1 Å². The molecule has 0 saturated carbocycles. The highest BCUT2D eigenvalue weighted by molar-refractivity contribution is 6.01. The smallest absolute Gasteiger partial charge is 0.248 e. The van der Waals surface area contributed by atoms with Crippen LogP contribution in [0, 0.1) is 0 Å². The van der Waals surface area contributed by atoms with Crippen LogP contribution in [0.1, 0.15) is 11.5 Å². The summed E-state index contributed by atoms with van der Waals surface area (Å²) in [6.07, 6.45) is 2.93. The van der Waals surface area contributed by atoms with Crippen molar-refractivity contribution in [2.24, 2.45) is 0 Å². The molecule has 31 heavy (non-hydrogen) atoms. The molecule has 0 radical (unpaired) electrons. The van der Waals surface area contributed by atoms with Crippen LogP contribution in [0.25, 0.3) is 17.2 Å². The molecule has 0 saturated heterocycles. The molecule has 1 aromatic heterocycles. The SMILES string of the molecule is O=C(C=Cc1nc2ccccc2o1)Nc1cccc(COc2ccc3c(c2)OCO3)c1. The quantitative estimate of drug-likeness (QED) is 0.457. The predicted molar refractivity (Wildman–Crippen MR) is 115 cm³/mol. The number of hydrogen-bond acceptors (Lipinski definition) is 6. The number of carbonyl (C=O) groups is 1. The lowest BCUT2D eigenvalue weighted by Gasteiger charge is -2.09. The Kier molecular flexibility index (Phi) is 4.98. The van der Waals surface area contributed by atoms with Crippen molar-refractivity contribution < 1.29 is 23.4 Å². The van der Waals surface area contributed by atoms with Crippen LogP contribution in [-0.2, 0) is 11.4 Å². The van der Waals surface area contributed by atoms with Crippen molar-refractivity contribution in [1.29, 1.82) is 0 Å². The molecule has 0 aliphatic carbocycles. The number of benzene rings is 3. The molecule has 0 atom stereocenters. The Bertz CT molecular complexity index is 1240. The number of ether oxygens (including phenoxy) is 3. The summed E-state index contributed by atoms with van der Waals surface area (Å²) in [5.74, 6) is 2.16. The lowest BCUT2D eigenvalue weighted by Crippen LogP contribution is -2.08. The fraction of sp³-hybridized carbons (Fsp3) is 0.0833. The number of oxazole rings is 1. The van der Waals surface area contributed by atoms with Gasteiger partial charge in [-0.2, -0.15) is 0 Å². The highest BCUT2D eigenvalue weighted by Crippen LogP contribution is 2.35. The van der Waals surface area contributed by atoms with E-state index in [1.54, 1.807) is 12.1 Å². The van der Waals surface area contributed by atoms with E-state index in [9.17, 15) is 4.79 Å². The van der Waals surface area contributed by atoms with Crippen molar-refractivity contribution in [3.63, 3.8) is 0 Å². The highest BCUT2D eigenvalue weighted by Gasteiger charge is 2.13. The number of anilines is 1. The van der Waals surface area contributed by atoms with Gasteiger partial charge in [-0.3, -0.25) is 4.79 Å². The summed E-state index contributed by atoms with van der Waals surface area (Å²) in [5, 5.41) is 2.83. The zero-order valence-electron chi connectivity index (χ0n) is 16.4. The zero-order chi connectivity index (χ0) is 21.0. The number of amides is 1. The fourth-order valence-electron chi connectivity index (χ4n) is 3.16. The second-order valence-corrected chi connectivity index (χ2v) is 6.85. The van der Waals surface area contributed by atoms with Gasteiger partial charge in [0.1, 0.15) is 17.9 Å². The van der Waals surface area contributed by atoms with Crippen LogP contribution in [0.2, 0.25) is 0 Å². The van der Waals surface area contributed by atoms with E-state index in [2.05, 4.69) is 10.3 Å². The molecule has 3 aromatic carbocycles. The van der Waals surface area contributed by atoms with E-state index in [0.717, 1.165) is 11.1 Å². The standard InChI is InChI=1S/C24H18N2O5/c27-23(10-11-24-26-19-6-1-2-7-20(19)31-24)25-17-5-3-4-16(12-17)14-28-18-8-9-21-22(13-18)30-15-29-21/h1-13H,14-15H2,(H,25,27). The third-order valence-corrected chi connectivity index (χ3v) is 4.63. The van der Waals surface area contributed by atoms with Crippen LogP contribution in [0.5, 0.6) is 17.2 Å². The third-order valence-electron chi connectivity index (χ3n) is 4.63. The summed E-state index contributed by atoms with van der Waals surface area (Å²) in [6, 6.07) is 20.3. The molecule has 1 aliphatic heterocycles. The first kappa shape index (κ1) is 18.7. The largest absolute Gasteiger partial charge is 0.489 e. The van der Waals surface area contributed by atoms with E-state index >= 15 is 0 Å². The normalized spacial score (nSPS) is 12.4. The minimum atomic E-state index is -0.281. The molecular weight excluding hydrogens is 396 g/mol. The van der Waals surface area contributed by atoms with Gasteiger partial charge < -0.3 is 23.9 Å². The van der Waals surface area contributed by atoms with Crippen molar-refractivity contribution in [3.05, 3.63) is 84.3 Å². The Balaban J connectivity index is 1.20. The Morgan fingerprint density at radius 3 is 2.87 bits per heavy atom. The van der Waals surface area contributed by atoms with Gasteiger partial charge in [0.05, 0.1) is 0 Å². The van der Waals surface area contributed by atoms with Gasteiger partial charge in [-0.25, -0.2) is 4.98 Å². The molecule has 7 nitrogen and oxygen atoms in total. The van der Waals surface area contributed by atoms with Crippen molar-refractivity contribution in [2.45, 2.75) is 6.61 Å². The molecule has 7 heteroatoms. The van der Waals surface area contributed by atoms with E-state index in [1.165, 1.54) is 6.08 Å². The minimum absolute atomic E-state index is 0.224. The second-order valence-electron chi connectivity index (χ2n) is 6.85. The van der Waals surface area contributed by atoms with Crippen molar-refractivity contribution in [2.75, 3.05) is 12.1 Å². The van der Waals surface area contributed by atoms with Crippen molar-refractivity contribution in [1.82, 2.24) is 4.98 Å². The van der Waals surface area contributed by atoms with Gasteiger partial charge in [0.25, 0.3) is 0 Å². The molecule has 0 fully saturated rings. The molecular formula is C24H18N2O5. The van der Waals surface area contributed by atoms with Gasteiger partial charge in [0, 0.05) is 23.9 Å². The second kappa shape index (κ2) is 8.23. The first-order valence-corrected chi connectivity index (χ1v) is 9.69. The Morgan fingerprint density at radius 1 is 1.03 bits per heavy atom. The molecule has 1 amide bonds. The number of nitrogens with one attached hydrogen (secondary N) is 1. The van der Waals surface area contributed by atoms with Gasteiger partial charge >= 0.3 is 0 Å². The summed E-state index contributed by atoms with van der Waals surface area (Å²) in [7, 11) is 0. The van der Waals surface area contributed by atoms with Crippen molar-refractivity contribution in [3.8, 4) is 17.2 Å². The van der Waals surface area contributed by atoms with E-state index in [1.807, 2.05) is 60.7 Å². The Hall–Kier alpha value is -4.26. The molecule has 2 heterocycles. The summed E-state index contributed by atoms with van der Waals surface area (Å²) < 4.78 is 22.1. The summed E-state index contributed by atoms with van der Waals surface area (Å²) in [4.78, 5) is 16.6. The first-order valence-electron chi connectivity index (χ1n) is 9.69. The molecule has 5 rings (SSSR count). The number of rotatable bonds is 6. The number of carbonyl (C=O) groups excluding carboxylic acids is 1. The predicted octanol–water partition coefficient (Wildman–Crippen LogP) is 4.79. The first-order chi connectivity index (χ1) is 15.2. The summed E-state index contributed by atoms with van der Waals surface area (Å²) in [6.45, 7) is 0.573. The zero-order valence-corrected chi connectivity index (χ0v) is 16.4. The van der Waals surface area contributed by atoms with Crippen LogP contribution < -0.4 is 19.5 Å². The number of nitrogens with zero attached hydrogens (tertiary/aromatic N) is 1. The topological polar surface area (TPSA) is 82.8 Å². The Morgan fingerprint density at radius 2 is 1.94 bits per heavy atom. The van der Waals surface area contributed by atoms with Gasteiger partial charge in [-0.05, 0) is 42.0 Å². The molecule has 1 aliphatic rings. The number of aromatic nitrogens is 1. The lowest BCUT2D eigenvalue weighted by molar-refractivity contribution is -0.111. The van der Waals surface area contributed by atoms with Crippen LogP contribution in [0.4, 0.5) is 5.69 Å². The third kappa shape index (κ3) is 4.35. The average Bonchev–Trinajstić information content (AvgIpc) is 3.42. The van der Waals surface area contributed by atoms with Crippen LogP contribution in [0.15, 0.2) is 77.2 Å². The monoisotopic (exact) mass is 414 g/mol. The minimum Gasteiger partial charge on any atom is -0.489 e. The summed E-state index contributed by atoms with van der Waals surface area (Å²) >= 11 is 0. The summed E-state index contributed by atoms with van der Waals surface area (Å²) in [5.41, 5.74) is 3.01. The van der Waals surface area contributed by atoms with Crippen LogP contribution in [-0.4, -0.2) is 17.7 Å². The van der Waals surface area contributed by atoms with Crippen LogP contribution >= 0.6 is 0 Å². The van der Waals surface area contributed by atoms with E-state index in [0.29, 0.717) is 41.0 Å². The van der Waals surface area contributed by atoms with Gasteiger partial charge in [0.2, 0.25) is 18.6 Å². The number of fused-ring (bicyclic) bond motifs is 2. The van der Waals surface area contributed by atoms with E-state index in [4.69, 9.17) is 18.6 Å². The number of hydrogen-bond donors (Lipinski definition) is 1. The maximum absolute atomic E-state index is 12.3. The van der Waals surface area contributed by atoms with E-state index < -0.39 is 0 Å². The van der Waals surface area contributed by atoms with E-state index in [-0.39, 0.29) is 12.7 Å². The van der Waals surface area contributed by atoms with Gasteiger partial charge in [-0.1, -0.05) is 24.3 Å². The highest BCUT2D eigenvalue weighted by atomic mass is 16.7. The van der Waals surface area contributed by atoms with Gasteiger partial charge in [-0.15, -0.1) is 0 Å².